The number of rotatable bonds is 2. The van der Waals surface area contributed by atoms with Crippen molar-refractivity contribution in [2.24, 2.45) is 0 Å². The van der Waals surface area contributed by atoms with E-state index in [4.69, 9.17) is 0 Å². The molecule has 0 fully saturated rings. The van der Waals surface area contributed by atoms with Crippen LogP contribution in [0.25, 0.3) is 10.9 Å². The molecule has 0 bridgehead atoms. The van der Waals surface area contributed by atoms with Gasteiger partial charge in [-0.2, -0.15) is 0 Å². The van der Waals surface area contributed by atoms with E-state index in [0.717, 1.165) is 16.6 Å². The van der Waals surface area contributed by atoms with Crippen LogP contribution in [-0.2, 0) is 0 Å². The standard InChI is InChI=1S/C17H14N2O/c1-19(13-7-3-2-4-8-13)17(20)15-11-12-18-16-10-6-5-9-14(15)16/h2-12H,1H3. The van der Waals surface area contributed by atoms with Gasteiger partial charge in [-0.15, -0.1) is 0 Å². The number of para-hydroxylation sites is 2. The number of benzene rings is 2. The molecule has 0 N–H and O–H groups in total. The van der Waals surface area contributed by atoms with Crippen molar-refractivity contribution in [1.29, 1.82) is 0 Å². The molecular weight excluding hydrogens is 248 g/mol. The maximum Gasteiger partial charge on any atom is 0.258 e. The SMILES string of the molecule is CN(C(=O)c1ccnc2ccccc12)c1ccccc1. The van der Waals surface area contributed by atoms with Crippen LogP contribution in [0.2, 0.25) is 0 Å². The summed E-state index contributed by atoms with van der Waals surface area (Å²) in [6.45, 7) is 0. The Labute approximate surface area is 117 Å². The molecule has 3 heteroatoms. The predicted octanol–water partition coefficient (Wildman–Crippen LogP) is 3.51. The summed E-state index contributed by atoms with van der Waals surface area (Å²) in [6, 6.07) is 19.1. The van der Waals surface area contributed by atoms with Gasteiger partial charge in [0.2, 0.25) is 0 Å². The summed E-state index contributed by atoms with van der Waals surface area (Å²) in [5.41, 5.74) is 2.38. The molecule has 20 heavy (non-hydrogen) atoms. The third-order valence-electron chi connectivity index (χ3n) is 3.33. The second kappa shape index (κ2) is 5.13. The van der Waals surface area contributed by atoms with Gasteiger partial charge in [-0.1, -0.05) is 36.4 Å². The van der Waals surface area contributed by atoms with E-state index >= 15 is 0 Å². The molecule has 0 saturated carbocycles. The van der Waals surface area contributed by atoms with Gasteiger partial charge in [-0.3, -0.25) is 9.78 Å². The smallest absolute Gasteiger partial charge is 0.258 e. The molecule has 0 radical (unpaired) electrons. The third kappa shape index (κ3) is 2.14. The summed E-state index contributed by atoms with van der Waals surface area (Å²) >= 11 is 0. The molecule has 3 nitrogen and oxygen atoms in total. The first-order valence-corrected chi connectivity index (χ1v) is 6.44. The number of carbonyl (C=O) groups is 1. The molecule has 0 saturated heterocycles. The molecule has 3 rings (SSSR count). The highest BCUT2D eigenvalue weighted by atomic mass is 16.2. The largest absolute Gasteiger partial charge is 0.311 e. The van der Waals surface area contributed by atoms with Crippen LogP contribution >= 0.6 is 0 Å². The lowest BCUT2D eigenvalue weighted by atomic mass is 10.1. The first-order chi connectivity index (χ1) is 9.77. The van der Waals surface area contributed by atoms with Gasteiger partial charge in [0.1, 0.15) is 0 Å². The van der Waals surface area contributed by atoms with E-state index in [0.29, 0.717) is 5.56 Å². The van der Waals surface area contributed by atoms with E-state index in [1.54, 1.807) is 24.2 Å². The Morgan fingerprint density at radius 3 is 2.45 bits per heavy atom. The Kier molecular flexibility index (Phi) is 3.17. The summed E-state index contributed by atoms with van der Waals surface area (Å²) in [5.74, 6) is -0.0326. The molecule has 0 atom stereocenters. The van der Waals surface area contributed by atoms with Crippen molar-refractivity contribution in [2.45, 2.75) is 0 Å². The minimum Gasteiger partial charge on any atom is -0.311 e. The Bertz CT molecular complexity index is 748. The third-order valence-corrected chi connectivity index (χ3v) is 3.33. The van der Waals surface area contributed by atoms with Crippen LogP contribution in [0.1, 0.15) is 10.4 Å². The van der Waals surface area contributed by atoms with E-state index in [9.17, 15) is 4.79 Å². The fourth-order valence-corrected chi connectivity index (χ4v) is 2.23. The molecule has 2 aromatic carbocycles. The number of amides is 1. The maximum atomic E-state index is 12.7. The first kappa shape index (κ1) is 12.4. The molecule has 3 aromatic rings. The zero-order valence-electron chi connectivity index (χ0n) is 11.2. The maximum absolute atomic E-state index is 12.7. The van der Waals surface area contributed by atoms with Crippen LogP contribution < -0.4 is 4.90 Å². The lowest BCUT2D eigenvalue weighted by molar-refractivity contribution is 0.0994. The van der Waals surface area contributed by atoms with Gasteiger partial charge in [0, 0.05) is 24.3 Å². The van der Waals surface area contributed by atoms with Crippen molar-refractivity contribution < 1.29 is 4.79 Å². The fraction of sp³-hybridized carbons (Fsp3) is 0.0588. The number of hydrogen-bond acceptors (Lipinski definition) is 2. The van der Waals surface area contributed by atoms with E-state index < -0.39 is 0 Å². The summed E-state index contributed by atoms with van der Waals surface area (Å²) in [7, 11) is 1.78. The highest BCUT2D eigenvalue weighted by molar-refractivity contribution is 6.13. The zero-order chi connectivity index (χ0) is 13.9. The summed E-state index contributed by atoms with van der Waals surface area (Å²) in [6.07, 6.45) is 1.67. The Balaban J connectivity index is 2.05. The minimum atomic E-state index is -0.0326. The van der Waals surface area contributed by atoms with E-state index in [-0.39, 0.29) is 5.91 Å². The predicted molar refractivity (Wildman–Crippen MR) is 80.9 cm³/mol. The summed E-state index contributed by atoms with van der Waals surface area (Å²) in [4.78, 5) is 18.6. The number of hydrogen-bond donors (Lipinski definition) is 0. The molecule has 0 aliphatic carbocycles. The van der Waals surface area contributed by atoms with Crippen molar-refractivity contribution >= 4 is 22.5 Å². The van der Waals surface area contributed by atoms with Crippen LogP contribution in [0, 0.1) is 0 Å². The molecule has 0 spiro atoms. The first-order valence-electron chi connectivity index (χ1n) is 6.44. The molecule has 0 unspecified atom stereocenters. The van der Waals surface area contributed by atoms with Crippen LogP contribution in [0.15, 0.2) is 66.9 Å². The van der Waals surface area contributed by atoms with Gasteiger partial charge in [0.05, 0.1) is 11.1 Å². The number of anilines is 1. The van der Waals surface area contributed by atoms with Crippen LogP contribution in [0.3, 0.4) is 0 Å². The second-order valence-corrected chi connectivity index (χ2v) is 4.58. The fourth-order valence-electron chi connectivity index (χ4n) is 2.23. The van der Waals surface area contributed by atoms with Crippen LogP contribution in [0.4, 0.5) is 5.69 Å². The number of carbonyl (C=O) groups excluding carboxylic acids is 1. The van der Waals surface area contributed by atoms with Gasteiger partial charge in [-0.25, -0.2) is 0 Å². The van der Waals surface area contributed by atoms with Crippen molar-refractivity contribution in [3.8, 4) is 0 Å². The normalized spacial score (nSPS) is 10.4. The molecule has 1 aromatic heterocycles. The number of aromatic nitrogens is 1. The number of fused-ring (bicyclic) bond motifs is 1. The van der Waals surface area contributed by atoms with E-state index in [2.05, 4.69) is 4.98 Å². The number of nitrogens with zero attached hydrogens (tertiary/aromatic N) is 2. The zero-order valence-corrected chi connectivity index (χ0v) is 11.2. The Hall–Kier alpha value is -2.68. The highest BCUT2D eigenvalue weighted by Gasteiger charge is 2.15. The molecule has 0 aliphatic heterocycles. The van der Waals surface area contributed by atoms with Crippen molar-refractivity contribution in [1.82, 2.24) is 4.98 Å². The van der Waals surface area contributed by atoms with Gasteiger partial charge < -0.3 is 4.90 Å². The van der Waals surface area contributed by atoms with Gasteiger partial charge in [0.15, 0.2) is 0 Å². The number of pyridine rings is 1. The van der Waals surface area contributed by atoms with E-state index in [1.165, 1.54) is 0 Å². The molecule has 0 aliphatic rings. The Morgan fingerprint density at radius 1 is 0.950 bits per heavy atom. The van der Waals surface area contributed by atoms with Gasteiger partial charge >= 0.3 is 0 Å². The second-order valence-electron chi connectivity index (χ2n) is 4.58. The lowest BCUT2D eigenvalue weighted by Crippen LogP contribution is -2.26. The molecule has 1 heterocycles. The average Bonchev–Trinajstić information content (AvgIpc) is 2.54. The highest BCUT2D eigenvalue weighted by Crippen LogP contribution is 2.20. The summed E-state index contributed by atoms with van der Waals surface area (Å²) < 4.78 is 0. The van der Waals surface area contributed by atoms with Crippen molar-refractivity contribution in [3.05, 3.63) is 72.4 Å². The van der Waals surface area contributed by atoms with Crippen molar-refractivity contribution in [2.75, 3.05) is 11.9 Å². The minimum absolute atomic E-state index is 0.0326. The summed E-state index contributed by atoms with van der Waals surface area (Å²) in [5, 5.41) is 0.878. The quantitative estimate of drug-likeness (QED) is 0.708. The molecule has 1 amide bonds. The van der Waals surface area contributed by atoms with Crippen molar-refractivity contribution in [3.63, 3.8) is 0 Å². The van der Waals surface area contributed by atoms with E-state index in [1.807, 2.05) is 54.6 Å². The van der Waals surface area contributed by atoms with Gasteiger partial charge in [-0.05, 0) is 24.3 Å². The monoisotopic (exact) mass is 262 g/mol. The molecule has 98 valence electrons. The van der Waals surface area contributed by atoms with Gasteiger partial charge in [0.25, 0.3) is 5.91 Å². The average molecular weight is 262 g/mol. The Morgan fingerprint density at radius 2 is 1.65 bits per heavy atom. The lowest BCUT2D eigenvalue weighted by Gasteiger charge is -2.18. The van der Waals surface area contributed by atoms with Crippen LogP contribution in [-0.4, -0.2) is 17.9 Å². The topological polar surface area (TPSA) is 33.2 Å². The molecular formula is C17H14N2O. The van der Waals surface area contributed by atoms with Crippen LogP contribution in [0.5, 0.6) is 0 Å².